The first-order valence-corrected chi connectivity index (χ1v) is 19.8. The normalized spacial score (nSPS) is 10.6. The number of halogens is 2. The summed E-state index contributed by atoms with van der Waals surface area (Å²) >= 11 is 0. The molecule has 0 saturated carbocycles. The molecule has 0 aliphatic rings. The number of unbranched alkanes of at least 4 members (excludes halogenated alkanes) is 6. The summed E-state index contributed by atoms with van der Waals surface area (Å²) < 4.78 is 0. The fourth-order valence-corrected chi connectivity index (χ4v) is 11.0. The van der Waals surface area contributed by atoms with Gasteiger partial charge in [-0.25, -0.2) is 0 Å². The molecule has 0 aromatic heterocycles. The van der Waals surface area contributed by atoms with Crippen molar-refractivity contribution in [3.8, 4) is 0 Å². The van der Waals surface area contributed by atoms with Gasteiger partial charge in [-0.15, -0.1) is 80.7 Å². The third-order valence-corrected chi connectivity index (χ3v) is 13.5. The number of hydrogen-bond donors (Lipinski definition) is 0. The van der Waals surface area contributed by atoms with Gasteiger partial charge in [0.25, 0.3) is 0 Å². The van der Waals surface area contributed by atoms with Crippen molar-refractivity contribution in [1.82, 2.24) is 0 Å². The molecule has 0 bridgehead atoms. The summed E-state index contributed by atoms with van der Waals surface area (Å²) in [5.41, 5.74) is 0. The summed E-state index contributed by atoms with van der Waals surface area (Å²) in [5, 5.41) is 11.4. The van der Waals surface area contributed by atoms with Crippen LogP contribution in [0.4, 0.5) is 0 Å². The summed E-state index contributed by atoms with van der Waals surface area (Å²) in [5.74, 6) is 0. The predicted octanol–water partition coefficient (Wildman–Crippen LogP) is 5.15. The third kappa shape index (κ3) is 12.4. The average molecular weight is 777 g/mol. The van der Waals surface area contributed by atoms with Gasteiger partial charge in [0.05, 0.1) is 0 Å². The molecule has 0 spiro atoms. The molecule has 47 heavy (non-hydrogen) atoms. The fourth-order valence-electron chi connectivity index (χ4n) is 6.01. The van der Waals surface area contributed by atoms with E-state index in [1.807, 2.05) is 0 Å². The Hall–Kier alpha value is -1.58. The molecule has 0 radical (unpaired) electrons. The molecule has 0 atom stereocenters. The van der Waals surface area contributed by atoms with E-state index in [1.54, 1.807) is 5.30 Å². The van der Waals surface area contributed by atoms with E-state index in [4.69, 9.17) is 0 Å². The summed E-state index contributed by atoms with van der Waals surface area (Å²) in [7, 11) is -0.429. The molecule has 5 heteroatoms. The van der Waals surface area contributed by atoms with Gasteiger partial charge in [-0.1, -0.05) is 133 Å². The predicted molar refractivity (Wildman–Crippen MR) is 202 cm³/mol. The van der Waals surface area contributed by atoms with Crippen molar-refractivity contribution in [3.63, 3.8) is 0 Å². The zero-order valence-electron chi connectivity index (χ0n) is 27.9. The van der Waals surface area contributed by atoms with Crippen LogP contribution >= 0.6 is 15.8 Å². The first-order valence-electron chi connectivity index (χ1n) is 16.7. The maximum atomic E-state index is 2.47. The Labute approximate surface area is 318 Å². The smallest absolute Gasteiger partial charge is 1.00 e. The SMILES string of the molecule is CCCCCCP(CCCCCC)c1cc2ccccc2[cH-]1.[Cl-].[Cl-].[Zr+4].c1ccc(P(c2ccccc2)c2cc3ccccc3[cH-]2)cc1. The van der Waals surface area contributed by atoms with E-state index in [0.29, 0.717) is 0 Å². The molecule has 244 valence electrons. The minimum atomic E-state index is -0.493. The van der Waals surface area contributed by atoms with Gasteiger partial charge in [-0.2, -0.15) is 12.1 Å². The van der Waals surface area contributed by atoms with Crippen molar-refractivity contribution in [3.05, 3.63) is 133 Å². The van der Waals surface area contributed by atoms with Crippen molar-refractivity contribution in [1.29, 1.82) is 0 Å². The van der Waals surface area contributed by atoms with Crippen molar-refractivity contribution in [2.24, 2.45) is 0 Å². The molecule has 0 unspecified atom stereocenters. The number of fused-ring (bicyclic) bond motifs is 2. The van der Waals surface area contributed by atoms with Crippen molar-refractivity contribution < 1.29 is 51.0 Å². The Morgan fingerprint density at radius 2 is 0.872 bits per heavy atom. The maximum absolute atomic E-state index is 2.47. The summed E-state index contributed by atoms with van der Waals surface area (Å²) in [6, 6.07) is 48.8. The van der Waals surface area contributed by atoms with Gasteiger partial charge >= 0.3 is 26.2 Å². The second-order valence-electron chi connectivity index (χ2n) is 11.8. The van der Waals surface area contributed by atoms with Crippen LogP contribution in [0.1, 0.15) is 65.2 Å². The summed E-state index contributed by atoms with van der Waals surface area (Å²) in [4.78, 5) is 0. The molecule has 0 fully saturated rings. The number of benzene rings is 4. The van der Waals surface area contributed by atoms with E-state index < -0.39 is 7.92 Å². The Morgan fingerprint density at radius 1 is 0.468 bits per heavy atom. The van der Waals surface area contributed by atoms with Crippen LogP contribution in [0.3, 0.4) is 0 Å². The monoisotopic (exact) mass is 774 g/mol. The Balaban J connectivity index is 0.000000307. The largest absolute Gasteiger partial charge is 4.00 e. The topological polar surface area (TPSA) is 0 Å². The average Bonchev–Trinajstić information content (AvgIpc) is 3.70. The minimum absolute atomic E-state index is 0. The zero-order chi connectivity index (χ0) is 30.4. The van der Waals surface area contributed by atoms with E-state index in [2.05, 4.69) is 147 Å². The van der Waals surface area contributed by atoms with E-state index in [9.17, 15) is 0 Å². The molecular formula is C42H48Cl2P2Zr. The molecule has 0 saturated heterocycles. The molecule has 6 rings (SSSR count). The first kappa shape index (κ1) is 41.6. The van der Waals surface area contributed by atoms with Crippen molar-refractivity contribution >= 4 is 58.6 Å². The first-order chi connectivity index (χ1) is 21.8. The molecule has 0 N–H and O–H groups in total. The molecule has 0 heterocycles. The quantitative estimate of drug-likeness (QED) is 0.0817. The Morgan fingerprint density at radius 3 is 1.32 bits per heavy atom. The molecule has 6 aromatic rings. The van der Waals surface area contributed by atoms with Crippen LogP contribution in [0, 0.1) is 0 Å². The van der Waals surface area contributed by atoms with Crippen LogP contribution in [0.5, 0.6) is 0 Å². The zero-order valence-corrected chi connectivity index (χ0v) is 33.7. The van der Waals surface area contributed by atoms with Crippen LogP contribution < -0.4 is 46.0 Å². The summed E-state index contributed by atoms with van der Waals surface area (Å²) in [6.07, 6.45) is 14.1. The van der Waals surface area contributed by atoms with Crippen LogP contribution in [-0.4, -0.2) is 12.3 Å². The second-order valence-corrected chi connectivity index (χ2v) is 16.5. The molecule has 0 amide bonds. The third-order valence-electron chi connectivity index (χ3n) is 8.42. The van der Waals surface area contributed by atoms with Gasteiger partial charge in [0.1, 0.15) is 0 Å². The molecule has 0 aliphatic heterocycles. The minimum Gasteiger partial charge on any atom is -1.00 e. The van der Waals surface area contributed by atoms with Gasteiger partial charge in [0.2, 0.25) is 0 Å². The van der Waals surface area contributed by atoms with E-state index >= 15 is 0 Å². The number of hydrogen-bond acceptors (Lipinski definition) is 0. The fraction of sp³-hybridized carbons (Fsp3) is 0.286. The molecule has 0 aliphatic carbocycles. The molecule has 6 aromatic carbocycles. The van der Waals surface area contributed by atoms with Gasteiger partial charge in [0, 0.05) is 0 Å². The van der Waals surface area contributed by atoms with Gasteiger partial charge < -0.3 is 24.8 Å². The Kier molecular flexibility index (Phi) is 20.3. The van der Waals surface area contributed by atoms with Crippen LogP contribution in [0.2, 0.25) is 0 Å². The second kappa shape index (κ2) is 22.9. The maximum Gasteiger partial charge on any atom is 4.00 e. The van der Waals surface area contributed by atoms with Crippen molar-refractivity contribution in [2.75, 3.05) is 12.3 Å². The van der Waals surface area contributed by atoms with Gasteiger partial charge in [-0.3, -0.25) is 0 Å². The van der Waals surface area contributed by atoms with E-state index in [1.165, 1.54) is 101 Å². The standard InChI is InChI=1S/C21H16P.C21H32P.2ClH.Zr/c1-3-11-19(12-4-1)22(20-13-5-2-6-14-20)21-15-17-9-7-8-10-18(17)16-21;1-3-5-7-11-15-22(16-12-8-6-4-2)21-17-19-13-9-10-14-20(19)18-21;;;/h1-16H;9-10,13-14,17-18H,3-8,11-12,15-16H2,1-2H3;2*1H;/q2*-1;;;+4/p-2. The van der Waals surface area contributed by atoms with E-state index in [-0.39, 0.29) is 58.9 Å². The van der Waals surface area contributed by atoms with Gasteiger partial charge in [-0.05, 0) is 43.7 Å². The Bertz CT molecular complexity index is 1540. The summed E-state index contributed by atoms with van der Waals surface area (Å²) in [6.45, 7) is 4.61. The van der Waals surface area contributed by atoms with Crippen molar-refractivity contribution in [2.45, 2.75) is 65.2 Å². The van der Waals surface area contributed by atoms with E-state index in [0.717, 1.165) is 0 Å². The van der Waals surface area contributed by atoms with Gasteiger partial charge in [0.15, 0.2) is 0 Å². The number of rotatable bonds is 14. The van der Waals surface area contributed by atoms with Crippen LogP contribution in [0.25, 0.3) is 21.5 Å². The molecule has 0 nitrogen and oxygen atoms in total. The van der Waals surface area contributed by atoms with Crippen LogP contribution in [0.15, 0.2) is 133 Å². The van der Waals surface area contributed by atoms with Crippen LogP contribution in [-0.2, 0) is 26.2 Å². The molecular weight excluding hydrogens is 729 g/mol.